The first kappa shape index (κ1) is 12.2. The molecule has 1 aliphatic carbocycles. The number of halogens is 3. The molecule has 3 N–H and O–H groups in total. The van der Waals surface area contributed by atoms with Gasteiger partial charge in [0, 0.05) is 11.1 Å². The van der Waals surface area contributed by atoms with Crippen LogP contribution < -0.4 is 11.4 Å². The molecular formula is C12H10F3N3O. The second kappa shape index (κ2) is 3.57. The number of hydrogen-bond donors (Lipinski definition) is 2. The molecule has 1 saturated carbocycles. The minimum absolute atomic E-state index is 0.0188. The maximum absolute atomic E-state index is 12.6. The standard InChI is InChI=1S/C12H10F3N3O/c13-12(14,15)6-1-2-7-8(5-6)17-10(19)18-9(7)11(16)3-4-11/h1-2,5H,3-4,16H2,(H,17,18,19). The van der Waals surface area contributed by atoms with Gasteiger partial charge in [-0.15, -0.1) is 0 Å². The Morgan fingerprint density at radius 2 is 2.00 bits per heavy atom. The molecular weight excluding hydrogens is 259 g/mol. The summed E-state index contributed by atoms with van der Waals surface area (Å²) in [6, 6.07) is 3.15. The summed E-state index contributed by atoms with van der Waals surface area (Å²) in [6.45, 7) is 0. The van der Waals surface area contributed by atoms with Crippen LogP contribution in [0.1, 0.15) is 24.1 Å². The maximum Gasteiger partial charge on any atom is 0.416 e. The highest BCUT2D eigenvalue weighted by molar-refractivity contribution is 5.82. The molecule has 19 heavy (non-hydrogen) atoms. The van der Waals surface area contributed by atoms with Crippen molar-refractivity contribution >= 4 is 10.9 Å². The molecule has 0 radical (unpaired) electrons. The molecule has 0 spiro atoms. The van der Waals surface area contributed by atoms with Gasteiger partial charge in [0.2, 0.25) is 0 Å². The summed E-state index contributed by atoms with van der Waals surface area (Å²) in [5.41, 5.74) is 4.35. The maximum atomic E-state index is 12.6. The minimum Gasteiger partial charge on any atom is -0.320 e. The molecule has 3 rings (SSSR count). The first-order valence-electron chi connectivity index (χ1n) is 5.70. The smallest absolute Gasteiger partial charge is 0.320 e. The van der Waals surface area contributed by atoms with Gasteiger partial charge in [0.25, 0.3) is 0 Å². The van der Waals surface area contributed by atoms with E-state index < -0.39 is 23.0 Å². The lowest BCUT2D eigenvalue weighted by atomic mass is 10.0. The number of aromatic nitrogens is 2. The van der Waals surface area contributed by atoms with E-state index in [1.807, 2.05) is 0 Å². The van der Waals surface area contributed by atoms with Crippen LogP contribution in [0.25, 0.3) is 10.9 Å². The first-order valence-corrected chi connectivity index (χ1v) is 5.70. The lowest BCUT2D eigenvalue weighted by Crippen LogP contribution is -2.26. The molecule has 4 nitrogen and oxygen atoms in total. The number of nitrogens with one attached hydrogen (secondary N) is 1. The number of nitrogens with two attached hydrogens (primary N) is 1. The Labute approximate surface area is 105 Å². The lowest BCUT2D eigenvalue weighted by Gasteiger charge is -2.13. The van der Waals surface area contributed by atoms with Gasteiger partial charge in [-0.3, -0.25) is 0 Å². The monoisotopic (exact) mass is 269 g/mol. The van der Waals surface area contributed by atoms with Crippen LogP contribution in [0.4, 0.5) is 13.2 Å². The van der Waals surface area contributed by atoms with Gasteiger partial charge in [0.15, 0.2) is 0 Å². The zero-order valence-electron chi connectivity index (χ0n) is 9.71. The van der Waals surface area contributed by atoms with Crippen molar-refractivity contribution in [2.75, 3.05) is 0 Å². The van der Waals surface area contributed by atoms with Crippen LogP contribution >= 0.6 is 0 Å². The van der Waals surface area contributed by atoms with E-state index >= 15 is 0 Å². The SMILES string of the molecule is NC1(c2[nH]c(=O)nc3cc(C(F)(F)F)ccc23)CC1. The second-order valence-corrected chi connectivity index (χ2v) is 4.80. The van der Waals surface area contributed by atoms with Crippen molar-refractivity contribution in [3.05, 3.63) is 39.9 Å². The Balaban J connectivity index is 2.28. The summed E-state index contributed by atoms with van der Waals surface area (Å²) in [7, 11) is 0. The van der Waals surface area contributed by atoms with Crippen LogP contribution in [0.5, 0.6) is 0 Å². The van der Waals surface area contributed by atoms with Crippen molar-refractivity contribution in [2.24, 2.45) is 5.73 Å². The van der Waals surface area contributed by atoms with Gasteiger partial charge in [-0.2, -0.15) is 18.2 Å². The molecule has 1 aromatic carbocycles. The first-order chi connectivity index (χ1) is 8.79. The summed E-state index contributed by atoms with van der Waals surface area (Å²) in [6.07, 6.45) is -3.06. The fraction of sp³-hybridized carbons (Fsp3) is 0.333. The van der Waals surface area contributed by atoms with E-state index in [0.29, 0.717) is 23.9 Å². The number of H-pyrrole nitrogens is 1. The van der Waals surface area contributed by atoms with E-state index in [2.05, 4.69) is 9.97 Å². The number of alkyl halides is 3. The Hall–Kier alpha value is -1.89. The van der Waals surface area contributed by atoms with Gasteiger partial charge in [0.05, 0.1) is 16.6 Å². The number of fused-ring (bicyclic) bond motifs is 1. The molecule has 0 amide bonds. The molecule has 2 aromatic rings. The van der Waals surface area contributed by atoms with Gasteiger partial charge in [-0.1, -0.05) is 6.07 Å². The molecule has 1 fully saturated rings. The molecule has 1 aliphatic rings. The Morgan fingerprint density at radius 3 is 2.58 bits per heavy atom. The Kier molecular flexibility index (Phi) is 2.28. The average molecular weight is 269 g/mol. The fourth-order valence-corrected chi connectivity index (χ4v) is 2.10. The summed E-state index contributed by atoms with van der Waals surface area (Å²) >= 11 is 0. The molecule has 7 heteroatoms. The van der Waals surface area contributed by atoms with Crippen LogP contribution in [0.15, 0.2) is 23.0 Å². The van der Waals surface area contributed by atoms with E-state index in [9.17, 15) is 18.0 Å². The van der Waals surface area contributed by atoms with Crippen molar-refractivity contribution < 1.29 is 13.2 Å². The summed E-state index contributed by atoms with van der Waals surface area (Å²) < 4.78 is 37.9. The van der Waals surface area contributed by atoms with E-state index in [1.54, 1.807) is 0 Å². The summed E-state index contributed by atoms with van der Waals surface area (Å²) in [5, 5.41) is 0.465. The molecule has 0 saturated heterocycles. The topological polar surface area (TPSA) is 71.8 Å². The van der Waals surface area contributed by atoms with Gasteiger partial charge in [-0.05, 0) is 25.0 Å². The van der Waals surface area contributed by atoms with E-state index in [4.69, 9.17) is 5.73 Å². The van der Waals surface area contributed by atoms with Crippen molar-refractivity contribution in [3.63, 3.8) is 0 Å². The normalized spacial score (nSPS) is 17.7. The molecule has 100 valence electrons. The van der Waals surface area contributed by atoms with Gasteiger partial charge < -0.3 is 10.7 Å². The molecule has 0 atom stereocenters. The molecule has 0 aliphatic heterocycles. The molecule has 0 unspecified atom stereocenters. The second-order valence-electron chi connectivity index (χ2n) is 4.80. The lowest BCUT2D eigenvalue weighted by molar-refractivity contribution is -0.137. The third kappa shape index (κ3) is 1.99. The predicted octanol–water partition coefficient (Wildman–Crippen LogP) is 1.89. The predicted molar refractivity (Wildman–Crippen MR) is 62.5 cm³/mol. The molecule has 1 heterocycles. The highest BCUT2D eigenvalue weighted by Crippen LogP contribution is 2.44. The number of nitrogens with zero attached hydrogens (tertiary/aromatic N) is 1. The number of rotatable bonds is 1. The third-order valence-corrected chi connectivity index (χ3v) is 3.33. The Morgan fingerprint density at radius 1 is 1.32 bits per heavy atom. The van der Waals surface area contributed by atoms with Crippen molar-refractivity contribution in [1.29, 1.82) is 0 Å². The van der Waals surface area contributed by atoms with Crippen LogP contribution in [0, 0.1) is 0 Å². The van der Waals surface area contributed by atoms with Crippen LogP contribution in [0.3, 0.4) is 0 Å². The van der Waals surface area contributed by atoms with Crippen molar-refractivity contribution in [1.82, 2.24) is 9.97 Å². The highest BCUT2D eigenvalue weighted by Gasteiger charge is 2.42. The van der Waals surface area contributed by atoms with E-state index in [1.165, 1.54) is 6.07 Å². The largest absolute Gasteiger partial charge is 0.416 e. The number of hydrogen-bond acceptors (Lipinski definition) is 3. The third-order valence-electron chi connectivity index (χ3n) is 3.33. The quantitative estimate of drug-likeness (QED) is 0.830. The molecule has 0 bridgehead atoms. The highest BCUT2D eigenvalue weighted by atomic mass is 19.4. The van der Waals surface area contributed by atoms with Gasteiger partial charge >= 0.3 is 11.9 Å². The molecule has 1 aromatic heterocycles. The fourth-order valence-electron chi connectivity index (χ4n) is 2.10. The number of aromatic amines is 1. The number of benzene rings is 1. The van der Waals surface area contributed by atoms with Gasteiger partial charge in [0.1, 0.15) is 0 Å². The van der Waals surface area contributed by atoms with Gasteiger partial charge in [-0.25, -0.2) is 4.79 Å². The average Bonchev–Trinajstić information content (AvgIpc) is 3.05. The Bertz CT molecular complexity index is 716. The van der Waals surface area contributed by atoms with Crippen LogP contribution in [-0.2, 0) is 11.7 Å². The summed E-state index contributed by atoms with van der Waals surface area (Å²) in [4.78, 5) is 17.6. The van der Waals surface area contributed by atoms with E-state index in [0.717, 1.165) is 12.1 Å². The van der Waals surface area contributed by atoms with Crippen LogP contribution in [0.2, 0.25) is 0 Å². The summed E-state index contributed by atoms with van der Waals surface area (Å²) in [5.74, 6) is 0. The zero-order chi connectivity index (χ0) is 13.8. The van der Waals surface area contributed by atoms with E-state index in [-0.39, 0.29) is 5.52 Å². The van der Waals surface area contributed by atoms with Crippen molar-refractivity contribution in [3.8, 4) is 0 Å². The zero-order valence-corrected chi connectivity index (χ0v) is 9.71. The minimum atomic E-state index is -4.46. The van der Waals surface area contributed by atoms with Crippen LogP contribution in [-0.4, -0.2) is 9.97 Å². The van der Waals surface area contributed by atoms with Crippen molar-refractivity contribution in [2.45, 2.75) is 24.6 Å².